The van der Waals surface area contributed by atoms with Crippen LogP contribution in [0.2, 0.25) is 0 Å². The molecule has 2 aromatic carbocycles. The summed E-state index contributed by atoms with van der Waals surface area (Å²) in [5.74, 6) is 1.44. The van der Waals surface area contributed by atoms with Gasteiger partial charge in [-0.25, -0.2) is 9.98 Å². The van der Waals surface area contributed by atoms with Gasteiger partial charge in [0.05, 0.1) is 23.3 Å². The Morgan fingerprint density at radius 2 is 1.91 bits per heavy atom. The quantitative estimate of drug-likeness (QED) is 0.223. The average Bonchev–Trinajstić information content (AvgIpc) is 3.41. The fourth-order valence-electron chi connectivity index (χ4n) is 6.15. The molecule has 2 aliphatic rings. The van der Waals surface area contributed by atoms with Crippen LogP contribution < -0.4 is 26.9 Å². The molecule has 0 spiro atoms. The molecule has 4 heterocycles. The second kappa shape index (κ2) is 13.6. The van der Waals surface area contributed by atoms with Gasteiger partial charge in [-0.2, -0.15) is 10.5 Å². The van der Waals surface area contributed by atoms with E-state index in [1.165, 1.54) is 28.9 Å². The van der Waals surface area contributed by atoms with E-state index >= 15 is 0 Å². The first-order chi connectivity index (χ1) is 21.5. The molecule has 6 rings (SSSR count). The van der Waals surface area contributed by atoms with Gasteiger partial charge in [-0.05, 0) is 106 Å². The monoisotopic (exact) mass is 623 g/mol. The number of pyridine rings is 1. The molecule has 2 aliphatic heterocycles. The molecule has 0 radical (unpaired) electrons. The van der Waals surface area contributed by atoms with Gasteiger partial charge in [0.25, 0.3) is 5.56 Å². The predicted octanol–water partition coefficient (Wildman–Crippen LogP) is 6.41. The van der Waals surface area contributed by atoms with Crippen molar-refractivity contribution in [2.45, 2.75) is 63.8 Å². The molecular weight excluding hydrogens is 583 g/mol. The lowest BCUT2D eigenvalue weighted by molar-refractivity contribution is 0.460. The van der Waals surface area contributed by atoms with E-state index in [1.807, 2.05) is 23.1 Å². The van der Waals surface area contributed by atoms with Crippen LogP contribution in [0, 0.1) is 6.92 Å². The zero-order valence-electron chi connectivity index (χ0n) is 26.0. The highest BCUT2D eigenvalue weighted by molar-refractivity contribution is 8.14. The van der Waals surface area contributed by atoms with Gasteiger partial charge in [-0.3, -0.25) is 9.36 Å². The van der Waals surface area contributed by atoms with Gasteiger partial charge in [0, 0.05) is 20.7 Å². The number of hydrogen-bond acceptors (Lipinski definition) is 6. The van der Waals surface area contributed by atoms with Crippen molar-refractivity contribution in [2.24, 2.45) is 4.99 Å². The van der Waals surface area contributed by atoms with E-state index in [1.54, 1.807) is 11.3 Å². The van der Waals surface area contributed by atoms with Crippen LogP contribution >= 0.6 is 21.8 Å². The third-order valence-corrected chi connectivity index (χ3v) is 11.4. The summed E-state index contributed by atoms with van der Waals surface area (Å²) in [5, 5.41) is 10.3. The number of aryl methyl sites for hydroxylation is 1. The topological polar surface area (TPSA) is 71.3 Å². The predicted molar refractivity (Wildman–Crippen MR) is 188 cm³/mol. The highest BCUT2D eigenvalue weighted by Crippen LogP contribution is 2.29. The van der Waals surface area contributed by atoms with Crippen LogP contribution in [0.3, 0.4) is 0 Å². The number of nitrogens with zero attached hydrogens (tertiary/aromatic N) is 3. The number of nitrogens with one attached hydrogen (secondary N) is 2. The van der Waals surface area contributed by atoms with Gasteiger partial charge in [-0.1, -0.05) is 48.7 Å². The van der Waals surface area contributed by atoms with Crippen LogP contribution in [-0.2, 0) is 6.54 Å². The average molecular weight is 624 g/mol. The highest BCUT2D eigenvalue weighted by atomic mass is 32.2. The summed E-state index contributed by atoms with van der Waals surface area (Å²) in [7, 11) is -0.0354. The molecule has 4 aromatic rings. The van der Waals surface area contributed by atoms with E-state index in [4.69, 9.17) is 4.99 Å². The number of fused-ring (bicyclic) bond motifs is 1. The Labute approximate surface area is 266 Å². The van der Waals surface area contributed by atoms with Crippen molar-refractivity contribution in [2.75, 3.05) is 24.7 Å². The molecule has 1 atom stereocenters. The Kier molecular flexibility index (Phi) is 9.40. The van der Waals surface area contributed by atoms with Gasteiger partial charge >= 0.3 is 0 Å². The summed E-state index contributed by atoms with van der Waals surface area (Å²) >= 11 is 1.57. The van der Waals surface area contributed by atoms with Crippen molar-refractivity contribution >= 4 is 39.0 Å². The first kappa shape index (κ1) is 30.4. The van der Waals surface area contributed by atoms with E-state index in [0.717, 1.165) is 58.8 Å². The first-order valence-corrected chi connectivity index (χ1v) is 18.1. The summed E-state index contributed by atoms with van der Waals surface area (Å²) in [6, 6.07) is 19.3. The zero-order chi connectivity index (χ0) is 30.6. The molecule has 228 valence electrons. The minimum Gasteiger partial charge on any atom is -0.340 e. The zero-order valence-corrected chi connectivity index (χ0v) is 27.7. The smallest absolute Gasteiger partial charge is 0.262 e. The Hall–Kier alpha value is -3.59. The molecule has 0 amide bonds. The van der Waals surface area contributed by atoms with Crippen molar-refractivity contribution in [1.29, 1.82) is 0 Å². The lowest BCUT2D eigenvalue weighted by Crippen LogP contribution is -2.44. The van der Waals surface area contributed by atoms with E-state index in [-0.39, 0.29) is 16.0 Å². The number of hydrogen-bond donors (Lipinski definition) is 2. The second-order valence-corrected chi connectivity index (χ2v) is 14.6. The van der Waals surface area contributed by atoms with E-state index in [9.17, 15) is 4.79 Å². The van der Waals surface area contributed by atoms with Crippen molar-refractivity contribution < 1.29 is 0 Å². The van der Waals surface area contributed by atoms with Gasteiger partial charge in [0.15, 0.2) is 0 Å². The van der Waals surface area contributed by atoms with Crippen molar-refractivity contribution in [3.63, 3.8) is 0 Å². The van der Waals surface area contributed by atoms with E-state index in [0.29, 0.717) is 23.5 Å². The molecule has 2 aromatic heterocycles. The standard InChI is InChI=1S/C36H41N5OS2/c1-5-25-11-12-28-21-31(33-24(3)43-23-38-33)36(42)41(22-29-9-7-8-10-32(29)44(4)6-2)35(28)40-34(25)39-30-15-13-26(14-16-30)27-17-19-37-20-18-27/h6-10,12-16,21,23,27,37,39H,5,11,17-20,22H2,1-4H3. The molecule has 0 bridgehead atoms. The number of thiazole rings is 1. The van der Waals surface area contributed by atoms with Gasteiger partial charge < -0.3 is 10.6 Å². The fourth-order valence-corrected chi connectivity index (χ4v) is 7.84. The molecule has 44 heavy (non-hydrogen) atoms. The minimum absolute atomic E-state index is 0.0354. The van der Waals surface area contributed by atoms with Crippen LogP contribution in [0.1, 0.15) is 61.5 Å². The molecule has 6 nitrogen and oxygen atoms in total. The Balaban J connectivity index is 1.48. The molecule has 0 aliphatic carbocycles. The van der Waals surface area contributed by atoms with Crippen LogP contribution in [0.5, 0.6) is 0 Å². The van der Waals surface area contributed by atoms with Crippen molar-refractivity contribution in [3.8, 4) is 11.3 Å². The number of aromatic nitrogens is 2. The maximum atomic E-state index is 14.4. The first-order valence-electron chi connectivity index (χ1n) is 15.5. The number of anilines is 1. The number of allylic oxidation sites excluding steroid dienone is 1. The van der Waals surface area contributed by atoms with Crippen molar-refractivity contribution in [3.05, 3.63) is 109 Å². The van der Waals surface area contributed by atoms with Crippen LogP contribution in [0.25, 0.3) is 17.3 Å². The molecule has 2 N–H and O–H groups in total. The Bertz CT molecular complexity index is 1910. The summed E-state index contributed by atoms with van der Waals surface area (Å²) in [6.45, 7) is 8.91. The van der Waals surface area contributed by atoms with Crippen LogP contribution in [0.4, 0.5) is 5.69 Å². The SMILES string of the molecule is CC=S(C)c1ccccc1Cn1c(=O)c(-c2ncsc2C)cc2c1=NC(Nc1ccc(C3CCNCC3)cc1)=C(CC)CC=2. The van der Waals surface area contributed by atoms with Crippen molar-refractivity contribution in [1.82, 2.24) is 14.9 Å². The van der Waals surface area contributed by atoms with Crippen LogP contribution in [-0.4, -0.2) is 34.3 Å². The summed E-state index contributed by atoms with van der Waals surface area (Å²) in [5.41, 5.74) is 8.59. The minimum atomic E-state index is -0.0632. The lowest BCUT2D eigenvalue weighted by atomic mass is 9.90. The Morgan fingerprint density at radius 3 is 2.61 bits per heavy atom. The highest BCUT2D eigenvalue weighted by Gasteiger charge is 2.19. The van der Waals surface area contributed by atoms with E-state index in [2.05, 4.69) is 95.7 Å². The molecule has 0 saturated carbocycles. The molecule has 1 fully saturated rings. The normalized spacial score (nSPS) is 16.2. The van der Waals surface area contributed by atoms with Gasteiger partial charge in [0.1, 0.15) is 11.3 Å². The lowest BCUT2D eigenvalue weighted by Gasteiger charge is -2.23. The van der Waals surface area contributed by atoms with Gasteiger partial charge in [0.2, 0.25) is 0 Å². The summed E-state index contributed by atoms with van der Waals surface area (Å²) in [6.07, 6.45) is 8.43. The summed E-state index contributed by atoms with van der Waals surface area (Å²) in [4.78, 5) is 26.5. The maximum absolute atomic E-state index is 14.4. The molecule has 1 saturated heterocycles. The fraction of sp³-hybridized carbons (Fsp3) is 0.333. The number of rotatable bonds is 8. The Morgan fingerprint density at radius 1 is 1.14 bits per heavy atom. The van der Waals surface area contributed by atoms with E-state index < -0.39 is 0 Å². The number of benzene rings is 2. The maximum Gasteiger partial charge on any atom is 0.262 e. The number of piperidine rings is 1. The summed E-state index contributed by atoms with van der Waals surface area (Å²) < 4.78 is 1.87. The third kappa shape index (κ3) is 6.29. The molecule has 1 unspecified atom stereocenters. The molecular formula is C36H41N5OS2. The third-order valence-electron chi connectivity index (χ3n) is 8.82. The second-order valence-electron chi connectivity index (χ2n) is 11.5. The van der Waals surface area contributed by atoms with Gasteiger partial charge in [-0.15, -0.1) is 11.3 Å². The molecule has 8 heteroatoms. The largest absolute Gasteiger partial charge is 0.340 e. The van der Waals surface area contributed by atoms with Crippen LogP contribution in [0.15, 0.2) is 86.2 Å².